The summed E-state index contributed by atoms with van der Waals surface area (Å²) >= 11 is 0. The van der Waals surface area contributed by atoms with Crippen LogP contribution in [0.2, 0.25) is 0 Å². The van der Waals surface area contributed by atoms with Gasteiger partial charge in [-0.2, -0.15) is 0 Å². The molecule has 2 unspecified atom stereocenters. The Bertz CT molecular complexity index is 231. The lowest BCUT2D eigenvalue weighted by atomic mass is 10.0. The number of carbonyl (C=O) groups excluding carboxylic acids is 1. The van der Waals surface area contributed by atoms with E-state index in [1.54, 1.807) is 0 Å². The van der Waals surface area contributed by atoms with E-state index in [4.69, 9.17) is 13.8 Å². The first-order chi connectivity index (χ1) is 8.72. The number of carbonyl (C=O) groups is 1. The van der Waals surface area contributed by atoms with Gasteiger partial charge < -0.3 is 18.9 Å². The molecule has 0 aliphatic heterocycles. The summed E-state index contributed by atoms with van der Waals surface area (Å²) in [5, 5.41) is 9.45. The van der Waals surface area contributed by atoms with Crippen molar-refractivity contribution in [3.63, 3.8) is 0 Å². The van der Waals surface area contributed by atoms with E-state index in [0.717, 1.165) is 6.42 Å². The first kappa shape index (κ1) is 15.8. The maximum Gasteiger partial charge on any atom is 0.305 e. The summed E-state index contributed by atoms with van der Waals surface area (Å²) in [6.07, 6.45) is 5.65. The lowest BCUT2D eigenvalue weighted by Gasteiger charge is -2.12. The van der Waals surface area contributed by atoms with Crippen LogP contribution in [0, 0.1) is 5.92 Å². The van der Waals surface area contributed by atoms with Crippen molar-refractivity contribution in [1.29, 1.82) is 0 Å². The van der Waals surface area contributed by atoms with Crippen LogP contribution in [-0.2, 0) is 18.6 Å². The van der Waals surface area contributed by atoms with Crippen molar-refractivity contribution in [2.45, 2.75) is 44.6 Å². The summed E-state index contributed by atoms with van der Waals surface area (Å²) in [4.78, 5) is 11.4. The molecule has 1 aliphatic carbocycles. The maximum absolute atomic E-state index is 11.4. The normalized spacial score (nSPS) is 18.6. The number of aliphatic hydroxyl groups is 1. The predicted molar refractivity (Wildman–Crippen MR) is 69.4 cm³/mol. The zero-order valence-corrected chi connectivity index (χ0v) is 11.9. The fourth-order valence-corrected chi connectivity index (χ4v) is 2.50. The molecule has 0 spiro atoms. The van der Waals surface area contributed by atoms with Gasteiger partial charge >= 0.3 is 5.97 Å². The Hall–Kier alpha value is -0.220. The molecule has 0 amide bonds. The van der Waals surface area contributed by atoms with Crippen molar-refractivity contribution < 1.29 is 23.7 Å². The van der Waals surface area contributed by atoms with Crippen LogP contribution < -0.4 is 0 Å². The smallest absolute Gasteiger partial charge is 0.305 e. The molecule has 1 aliphatic rings. The molecule has 2 atom stereocenters. The molecule has 0 aromatic carbocycles. The molecule has 1 fully saturated rings. The first-order valence-corrected chi connectivity index (χ1v) is 7.27. The number of aliphatic hydroxyl groups excluding tert-OH is 1. The van der Waals surface area contributed by atoms with E-state index < -0.39 is 6.10 Å². The monoisotopic (exact) mass is 278 g/mol. The molecule has 0 bridgehead atoms. The molecule has 1 N–H and O–H groups in total. The van der Waals surface area contributed by atoms with Gasteiger partial charge in [0.1, 0.15) is 12.7 Å². The summed E-state index contributed by atoms with van der Waals surface area (Å²) in [5.41, 5.74) is 0. The molecule has 0 radical (unpaired) electrons. The Labute approximate surface area is 110 Å². The first-order valence-electron chi connectivity index (χ1n) is 6.46. The Morgan fingerprint density at radius 2 is 2.11 bits per heavy atom. The molecular formula is C12H23O5P. The van der Waals surface area contributed by atoms with Crippen LogP contribution in [-0.4, -0.2) is 37.5 Å². The summed E-state index contributed by atoms with van der Waals surface area (Å²) < 4.78 is 14.7. The lowest BCUT2D eigenvalue weighted by Crippen LogP contribution is -2.22. The van der Waals surface area contributed by atoms with Crippen LogP contribution in [0.5, 0.6) is 0 Å². The van der Waals surface area contributed by atoms with Crippen molar-refractivity contribution in [2.24, 2.45) is 5.92 Å². The third-order valence-electron chi connectivity index (χ3n) is 3.09. The molecule has 0 saturated heterocycles. The highest BCUT2D eigenvalue weighted by Gasteiger charge is 2.17. The Balaban J connectivity index is 1.98. The molecule has 6 heteroatoms. The van der Waals surface area contributed by atoms with E-state index >= 15 is 0 Å². The van der Waals surface area contributed by atoms with Gasteiger partial charge in [0.2, 0.25) is 0 Å². The lowest BCUT2D eigenvalue weighted by molar-refractivity contribution is -0.147. The second-order valence-corrected chi connectivity index (χ2v) is 5.49. The minimum atomic E-state index is -0.775. The summed E-state index contributed by atoms with van der Waals surface area (Å²) in [7, 11) is 1.43. The SMILES string of the molecule is COPOCC(O)COC(=O)CCC1CCCC1. The fraction of sp³-hybridized carbons (Fsp3) is 0.917. The molecule has 0 aromatic heterocycles. The van der Waals surface area contributed by atoms with Crippen molar-refractivity contribution in [1.82, 2.24) is 0 Å². The summed E-state index contributed by atoms with van der Waals surface area (Å²) in [5.74, 6) is 0.462. The third-order valence-corrected chi connectivity index (χ3v) is 3.54. The van der Waals surface area contributed by atoms with Gasteiger partial charge in [0.05, 0.1) is 6.61 Å². The number of rotatable bonds is 9. The van der Waals surface area contributed by atoms with E-state index in [-0.39, 0.29) is 28.2 Å². The average molecular weight is 278 g/mol. The largest absolute Gasteiger partial charge is 0.463 e. The zero-order chi connectivity index (χ0) is 13.2. The van der Waals surface area contributed by atoms with Crippen LogP contribution in [0.3, 0.4) is 0 Å². The van der Waals surface area contributed by atoms with Gasteiger partial charge in [-0.15, -0.1) is 0 Å². The van der Waals surface area contributed by atoms with E-state index in [9.17, 15) is 9.90 Å². The third kappa shape index (κ3) is 7.27. The highest BCUT2D eigenvalue weighted by molar-refractivity contribution is 7.26. The molecule has 1 rings (SSSR count). The van der Waals surface area contributed by atoms with E-state index in [1.807, 2.05) is 0 Å². The van der Waals surface area contributed by atoms with E-state index in [1.165, 1.54) is 32.8 Å². The highest BCUT2D eigenvalue weighted by Crippen LogP contribution is 2.28. The number of esters is 1. The second kappa shape index (κ2) is 9.68. The molecule has 1 saturated carbocycles. The van der Waals surface area contributed by atoms with Crippen molar-refractivity contribution in [2.75, 3.05) is 20.3 Å². The molecule has 0 aromatic rings. The Morgan fingerprint density at radius 1 is 1.39 bits per heavy atom. The summed E-state index contributed by atoms with van der Waals surface area (Å²) in [6, 6.07) is 0. The quantitative estimate of drug-likeness (QED) is 0.397. The standard InChI is InChI=1S/C12H23O5P/c1-15-18-17-9-11(13)8-16-12(14)7-6-10-4-2-3-5-10/h10-11,13,18H,2-9H2,1H3. The number of ether oxygens (including phenoxy) is 1. The fourth-order valence-electron chi connectivity index (χ4n) is 2.12. The van der Waals surface area contributed by atoms with Crippen molar-refractivity contribution in [3.05, 3.63) is 0 Å². The van der Waals surface area contributed by atoms with Gasteiger partial charge in [-0.25, -0.2) is 0 Å². The van der Waals surface area contributed by atoms with Crippen LogP contribution in [0.25, 0.3) is 0 Å². The number of hydrogen-bond donors (Lipinski definition) is 1. The van der Waals surface area contributed by atoms with E-state index in [2.05, 4.69) is 0 Å². The van der Waals surface area contributed by atoms with Crippen LogP contribution in [0.15, 0.2) is 0 Å². The van der Waals surface area contributed by atoms with Crippen LogP contribution in [0.1, 0.15) is 38.5 Å². The van der Waals surface area contributed by atoms with E-state index in [0.29, 0.717) is 12.3 Å². The van der Waals surface area contributed by atoms with Crippen molar-refractivity contribution >= 4 is 15.0 Å². The molecule has 106 valence electrons. The minimum Gasteiger partial charge on any atom is -0.463 e. The van der Waals surface area contributed by atoms with Gasteiger partial charge in [-0.3, -0.25) is 4.79 Å². The molecule has 0 heterocycles. The van der Waals surface area contributed by atoms with Crippen molar-refractivity contribution in [3.8, 4) is 0 Å². The maximum atomic E-state index is 11.4. The van der Waals surface area contributed by atoms with Gasteiger partial charge in [-0.1, -0.05) is 25.7 Å². The predicted octanol–water partition coefficient (Wildman–Crippen LogP) is 2.03. The molecule has 5 nitrogen and oxygen atoms in total. The van der Waals surface area contributed by atoms with Crippen LogP contribution >= 0.6 is 9.03 Å². The zero-order valence-electron chi connectivity index (χ0n) is 10.9. The topological polar surface area (TPSA) is 65.0 Å². The minimum absolute atomic E-state index is 0.00229. The van der Waals surface area contributed by atoms with Crippen LogP contribution in [0.4, 0.5) is 0 Å². The Kier molecular flexibility index (Phi) is 8.51. The number of hydrogen-bond acceptors (Lipinski definition) is 5. The van der Waals surface area contributed by atoms with Gasteiger partial charge in [0.15, 0.2) is 9.03 Å². The highest BCUT2D eigenvalue weighted by atomic mass is 31.1. The Morgan fingerprint density at radius 3 is 2.78 bits per heavy atom. The van der Waals surface area contributed by atoms with Gasteiger partial charge in [-0.05, 0) is 12.3 Å². The average Bonchev–Trinajstić information content (AvgIpc) is 2.87. The summed E-state index contributed by atoms with van der Waals surface area (Å²) in [6.45, 7) is 0.125. The second-order valence-electron chi connectivity index (χ2n) is 4.62. The van der Waals surface area contributed by atoms with Gasteiger partial charge in [0.25, 0.3) is 0 Å². The van der Waals surface area contributed by atoms with Gasteiger partial charge in [0, 0.05) is 13.5 Å². The molecular weight excluding hydrogens is 255 g/mol. The molecule has 18 heavy (non-hydrogen) atoms.